The average Bonchev–Trinajstić information content (AvgIpc) is 3.15. The van der Waals surface area contributed by atoms with Gasteiger partial charge in [0, 0.05) is 27.5 Å². The molecule has 4 nitrogen and oxygen atoms in total. The number of aromatic nitrogens is 2. The van der Waals surface area contributed by atoms with Gasteiger partial charge in [-0.15, -0.1) is 11.3 Å². The van der Waals surface area contributed by atoms with Gasteiger partial charge in [-0.3, -0.25) is 0 Å². The predicted molar refractivity (Wildman–Crippen MR) is 124 cm³/mol. The quantitative estimate of drug-likeness (QED) is 0.376. The third-order valence-electron chi connectivity index (χ3n) is 4.88. The number of fused-ring (bicyclic) bond motifs is 1. The van der Waals surface area contributed by atoms with Gasteiger partial charge in [-0.05, 0) is 43.4 Å². The number of benzene rings is 2. The van der Waals surface area contributed by atoms with Crippen LogP contribution in [-0.4, -0.2) is 35.5 Å². The molecule has 1 N–H and O–H groups in total. The summed E-state index contributed by atoms with van der Waals surface area (Å²) in [6, 6.07) is 15.9. The van der Waals surface area contributed by atoms with Crippen molar-refractivity contribution in [2.24, 2.45) is 0 Å². The van der Waals surface area contributed by atoms with Crippen molar-refractivity contribution in [1.82, 2.24) is 14.9 Å². The summed E-state index contributed by atoms with van der Waals surface area (Å²) in [4.78, 5) is 12.1. The maximum atomic E-state index is 6.45. The lowest BCUT2D eigenvalue weighted by Gasteiger charge is -2.26. The molecular formula is C22H20Cl2N4S. The van der Waals surface area contributed by atoms with Crippen LogP contribution in [0, 0.1) is 0 Å². The fraction of sp³-hybridized carbons (Fsp3) is 0.182. The molecule has 0 aliphatic heterocycles. The van der Waals surface area contributed by atoms with Gasteiger partial charge in [-0.2, -0.15) is 0 Å². The lowest BCUT2D eigenvalue weighted by atomic mass is 10.0. The number of nitrogens with one attached hydrogen (secondary N) is 1. The van der Waals surface area contributed by atoms with E-state index in [9.17, 15) is 0 Å². The molecule has 29 heavy (non-hydrogen) atoms. The molecule has 2 aromatic carbocycles. The number of rotatable bonds is 6. The molecule has 0 spiro atoms. The highest BCUT2D eigenvalue weighted by atomic mass is 35.5. The number of nitrogens with zero attached hydrogens (tertiary/aromatic N) is 3. The smallest absolute Gasteiger partial charge is 0.138 e. The molecular weight excluding hydrogens is 423 g/mol. The van der Waals surface area contributed by atoms with Crippen LogP contribution < -0.4 is 5.32 Å². The second kappa shape index (κ2) is 8.67. The van der Waals surface area contributed by atoms with Crippen molar-refractivity contribution in [2.45, 2.75) is 6.04 Å². The van der Waals surface area contributed by atoms with Crippen LogP contribution in [0.4, 0.5) is 5.82 Å². The number of thiophene rings is 1. The highest BCUT2D eigenvalue weighted by Crippen LogP contribution is 2.37. The van der Waals surface area contributed by atoms with Crippen LogP contribution in [0.3, 0.4) is 0 Å². The molecule has 0 bridgehead atoms. The Bertz CT molecular complexity index is 1130. The van der Waals surface area contributed by atoms with E-state index < -0.39 is 0 Å². The minimum absolute atomic E-state index is 0.103. The van der Waals surface area contributed by atoms with E-state index in [0.717, 1.165) is 42.8 Å². The zero-order valence-electron chi connectivity index (χ0n) is 16.1. The molecule has 0 fully saturated rings. The Hall–Kier alpha value is -2.18. The normalized spacial score (nSPS) is 12.4. The summed E-state index contributed by atoms with van der Waals surface area (Å²) in [6.07, 6.45) is 1.60. The highest BCUT2D eigenvalue weighted by molar-refractivity contribution is 7.17. The summed E-state index contributed by atoms with van der Waals surface area (Å²) >= 11 is 14.1. The van der Waals surface area contributed by atoms with E-state index in [2.05, 4.69) is 45.7 Å². The van der Waals surface area contributed by atoms with E-state index in [1.54, 1.807) is 17.7 Å². The van der Waals surface area contributed by atoms with E-state index in [1.807, 2.05) is 42.5 Å². The summed E-state index contributed by atoms with van der Waals surface area (Å²) in [7, 11) is 4.10. The minimum atomic E-state index is 0.103. The summed E-state index contributed by atoms with van der Waals surface area (Å²) in [5.41, 5.74) is 3.28. The Labute approximate surface area is 184 Å². The standard InChI is InChI=1S/C22H20Cl2N4S/c1-28(2)19(16-5-3-4-6-18(16)24)11-25-21-20-17(12-29-22(20)27-13-26-21)14-7-9-15(23)10-8-14/h3-10,12-13,19H,11H2,1-2H3,(H,25,26,27). The van der Waals surface area contributed by atoms with Gasteiger partial charge in [0.05, 0.1) is 11.4 Å². The molecule has 0 saturated carbocycles. The van der Waals surface area contributed by atoms with Crippen molar-refractivity contribution in [1.29, 1.82) is 0 Å². The third kappa shape index (κ3) is 4.23. The monoisotopic (exact) mass is 442 g/mol. The SMILES string of the molecule is CN(C)C(CNc1ncnc2scc(-c3ccc(Cl)cc3)c12)c1ccccc1Cl. The zero-order chi connectivity index (χ0) is 20.4. The van der Waals surface area contributed by atoms with Crippen LogP contribution in [0.1, 0.15) is 11.6 Å². The van der Waals surface area contributed by atoms with Crippen LogP contribution in [0.5, 0.6) is 0 Å². The van der Waals surface area contributed by atoms with Crippen LogP contribution >= 0.6 is 34.5 Å². The van der Waals surface area contributed by atoms with Gasteiger partial charge in [-0.1, -0.05) is 53.5 Å². The molecule has 0 amide bonds. The predicted octanol–water partition coefficient (Wildman–Crippen LogP) is 6.38. The molecule has 2 aromatic heterocycles. The Morgan fingerprint density at radius 2 is 1.79 bits per heavy atom. The number of hydrogen-bond donors (Lipinski definition) is 1. The molecule has 148 valence electrons. The number of likely N-dealkylation sites (N-methyl/N-ethyl adjacent to an activating group) is 1. The summed E-state index contributed by atoms with van der Waals surface area (Å²) in [5, 5.41) is 8.15. The second-order valence-corrected chi connectivity index (χ2v) is 8.64. The van der Waals surface area contributed by atoms with Crippen LogP contribution in [0.2, 0.25) is 10.0 Å². The molecule has 0 aliphatic carbocycles. The fourth-order valence-electron chi connectivity index (χ4n) is 3.36. The largest absolute Gasteiger partial charge is 0.367 e. The van der Waals surface area contributed by atoms with Gasteiger partial charge in [0.1, 0.15) is 17.0 Å². The van der Waals surface area contributed by atoms with Crippen molar-refractivity contribution in [3.8, 4) is 11.1 Å². The van der Waals surface area contributed by atoms with Gasteiger partial charge < -0.3 is 10.2 Å². The summed E-state index contributed by atoms with van der Waals surface area (Å²) < 4.78 is 0. The first kappa shape index (κ1) is 20.1. The van der Waals surface area contributed by atoms with E-state index in [0.29, 0.717) is 6.54 Å². The molecule has 4 rings (SSSR count). The van der Waals surface area contributed by atoms with Crippen molar-refractivity contribution in [3.63, 3.8) is 0 Å². The molecule has 0 radical (unpaired) electrons. The van der Waals surface area contributed by atoms with Crippen molar-refractivity contribution in [2.75, 3.05) is 26.0 Å². The lowest BCUT2D eigenvalue weighted by molar-refractivity contribution is 0.312. The maximum Gasteiger partial charge on any atom is 0.138 e. The molecule has 1 atom stereocenters. The Morgan fingerprint density at radius 3 is 2.52 bits per heavy atom. The third-order valence-corrected chi connectivity index (χ3v) is 6.36. The van der Waals surface area contributed by atoms with Crippen molar-refractivity contribution in [3.05, 3.63) is 75.8 Å². The van der Waals surface area contributed by atoms with Crippen molar-refractivity contribution < 1.29 is 0 Å². The zero-order valence-corrected chi connectivity index (χ0v) is 18.4. The average molecular weight is 443 g/mol. The first-order chi connectivity index (χ1) is 14.0. The fourth-order valence-corrected chi connectivity index (χ4v) is 4.66. The van der Waals surface area contributed by atoms with E-state index in [-0.39, 0.29) is 6.04 Å². The number of anilines is 1. The highest BCUT2D eigenvalue weighted by Gasteiger charge is 2.19. The maximum absolute atomic E-state index is 6.45. The number of hydrogen-bond acceptors (Lipinski definition) is 5. The number of halogens is 2. The van der Waals surface area contributed by atoms with E-state index >= 15 is 0 Å². The first-order valence-electron chi connectivity index (χ1n) is 9.17. The molecule has 2 heterocycles. The molecule has 0 saturated heterocycles. The Kier molecular flexibility index (Phi) is 6.01. The second-order valence-electron chi connectivity index (χ2n) is 6.94. The molecule has 0 aliphatic rings. The van der Waals surface area contributed by atoms with Gasteiger partial charge in [0.2, 0.25) is 0 Å². The van der Waals surface area contributed by atoms with Gasteiger partial charge in [-0.25, -0.2) is 9.97 Å². The Morgan fingerprint density at radius 1 is 1.03 bits per heavy atom. The van der Waals surface area contributed by atoms with E-state index in [1.165, 1.54) is 0 Å². The molecule has 4 aromatic rings. The molecule has 1 unspecified atom stereocenters. The lowest BCUT2D eigenvalue weighted by Crippen LogP contribution is -2.27. The minimum Gasteiger partial charge on any atom is -0.367 e. The van der Waals surface area contributed by atoms with Crippen LogP contribution in [0.15, 0.2) is 60.2 Å². The van der Waals surface area contributed by atoms with Gasteiger partial charge in [0.15, 0.2) is 0 Å². The van der Waals surface area contributed by atoms with Crippen molar-refractivity contribution >= 4 is 50.6 Å². The van der Waals surface area contributed by atoms with E-state index in [4.69, 9.17) is 23.2 Å². The molecule has 7 heteroatoms. The first-order valence-corrected chi connectivity index (χ1v) is 10.8. The van der Waals surface area contributed by atoms with Gasteiger partial charge in [0.25, 0.3) is 0 Å². The van der Waals surface area contributed by atoms with Gasteiger partial charge >= 0.3 is 0 Å². The topological polar surface area (TPSA) is 41.0 Å². The summed E-state index contributed by atoms with van der Waals surface area (Å²) in [5.74, 6) is 0.820. The summed E-state index contributed by atoms with van der Waals surface area (Å²) in [6.45, 7) is 0.665. The van der Waals surface area contributed by atoms with Crippen LogP contribution in [0.25, 0.3) is 21.3 Å². The van der Waals surface area contributed by atoms with Crippen LogP contribution in [-0.2, 0) is 0 Å². The Balaban J connectivity index is 1.68.